The van der Waals surface area contributed by atoms with Crippen molar-refractivity contribution >= 4 is 23.3 Å². The van der Waals surface area contributed by atoms with Crippen LogP contribution in [-0.4, -0.2) is 24.1 Å². The van der Waals surface area contributed by atoms with E-state index in [0.717, 1.165) is 26.7 Å². The van der Waals surface area contributed by atoms with Gasteiger partial charge in [-0.05, 0) is 30.2 Å². The fourth-order valence-corrected chi connectivity index (χ4v) is 3.45. The number of hydrogen-bond acceptors (Lipinski definition) is 6. The minimum Gasteiger partial charge on any atom is -0.298 e. The molecule has 3 aromatic rings. The molecule has 0 unspecified atom stereocenters. The molecule has 1 aromatic carbocycles. The Hall–Kier alpha value is -1.99. The summed E-state index contributed by atoms with van der Waals surface area (Å²) in [5.41, 5.74) is 1.03. The van der Waals surface area contributed by atoms with E-state index in [-0.39, 0.29) is 0 Å². The van der Waals surface area contributed by atoms with Crippen LogP contribution in [0.25, 0.3) is 11.4 Å². The number of nitrogens with zero attached hydrogens (tertiary/aromatic N) is 5. The summed E-state index contributed by atoms with van der Waals surface area (Å²) in [6.45, 7) is 6.34. The van der Waals surface area contributed by atoms with Gasteiger partial charge in [-0.3, -0.25) is 4.57 Å². The van der Waals surface area contributed by atoms with Crippen molar-refractivity contribution in [2.45, 2.75) is 23.0 Å². The van der Waals surface area contributed by atoms with Crippen molar-refractivity contribution in [3.8, 4) is 11.4 Å². The maximum atomic E-state index is 4.35. The van der Waals surface area contributed by atoms with Gasteiger partial charge in [0.25, 0.3) is 0 Å². The monoisotopic (exact) mass is 315 g/mol. The molecule has 2 aromatic heterocycles. The average molecular weight is 315 g/mol. The Labute approximate surface area is 130 Å². The summed E-state index contributed by atoms with van der Waals surface area (Å²) in [6.07, 6.45) is 1.84. The third kappa shape index (κ3) is 3.03. The number of benzene rings is 1. The molecule has 0 bridgehead atoms. The highest BCUT2D eigenvalue weighted by molar-refractivity contribution is 8.00. The Morgan fingerprint density at radius 3 is 2.76 bits per heavy atom. The van der Waals surface area contributed by atoms with Gasteiger partial charge in [-0.1, -0.05) is 36.4 Å². The normalized spacial score (nSPS) is 10.7. The van der Waals surface area contributed by atoms with Crippen LogP contribution in [0.5, 0.6) is 0 Å². The Bertz CT molecular complexity index is 748. The first-order chi connectivity index (χ1) is 10.3. The molecular formula is C14H13N5S2. The number of allylic oxidation sites excluding steroid dienone is 1. The van der Waals surface area contributed by atoms with Crippen molar-refractivity contribution in [1.29, 1.82) is 0 Å². The molecule has 3 rings (SSSR count). The van der Waals surface area contributed by atoms with Gasteiger partial charge in [0.1, 0.15) is 5.82 Å². The molecule has 0 aliphatic heterocycles. The third-order valence-corrected chi connectivity index (χ3v) is 4.58. The van der Waals surface area contributed by atoms with E-state index in [1.165, 1.54) is 23.3 Å². The van der Waals surface area contributed by atoms with Crippen LogP contribution in [0.3, 0.4) is 0 Å². The molecular weight excluding hydrogens is 302 g/mol. The molecule has 0 aliphatic carbocycles. The second kappa shape index (κ2) is 6.19. The maximum absolute atomic E-state index is 4.35. The van der Waals surface area contributed by atoms with Crippen LogP contribution < -0.4 is 0 Å². The minimum atomic E-state index is 0.650. The average Bonchev–Trinajstić information content (AvgIpc) is 3.08. The first kappa shape index (κ1) is 14.0. The van der Waals surface area contributed by atoms with Gasteiger partial charge in [-0.2, -0.15) is 4.37 Å². The van der Waals surface area contributed by atoms with Crippen LogP contribution in [0.2, 0.25) is 0 Å². The quantitative estimate of drug-likeness (QED) is 0.675. The molecule has 106 valence electrons. The standard InChI is InChI=1S/C14H13N5S2/c1-3-9-19-12(11-7-5-4-6-8-11)16-17-13(19)20-14-15-10(2)18-21-14/h3-8H,1,9H2,2H3. The number of aromatic nitrogens is 5. The molecule has 5 nitrogen and oxygen atoms in total. The van der Waals surface area contributed by atoms with E-state index >= 15 is 0 Å². The van der Waals surface area contributed by atoms with Gasteiger partial charge in [-0.15, -0.1) is 16.8 Å². The molecule has 0 N–H and O–H groups in total. The molecule has 0 fully saturated rings. The van der Waals surface area contributed by atoms with Gasteiger partial charge >= 0.3 is 0 Å². The molecule has 2 heterocycles. The van der Waals surface area contributed by atoms with Gasteiger partial charge in [0.15, 0.2) is 15.3 Å². The molecule has 0 aliphatic rings. The largest absolute Gasteiger partial charge is 0.298 e. The van der Waals surface area contributed by atoms with Crippen molar-refractivity contribution in [3.63, 3.8) is 0 Å². The van der Waals surface area contributed by atoms with Gasteiger partial charge in [0.05, 0.1) is 0 Å². The summed E-state index contributed by atoms with van der Waals surface area (Å²) in [5.74, 6) is 1.61. The van der Waals surface area contributed by atoms with Gasteiger partial charge in [0, 0.05) is 12.1 Å². The fraction of sp³-hybridized carbons (Fsp3) is 0.143. The van der Waals surface area contributed by atoms with Gasteiger partial charge in [0.2, 0.25) is 0 Å². The molecule has 0 atom stereocenters. The molecule has 21 heavy (non-hydrogen) atoms. The van der Waals surface area contributed by atoms with E-state index in [1.54, 1.807) is 0 Å². The van der Waals surface area contributed by atoms with E-state index in [2.05, 4.69) is 26.1 Å². The Balaban J connectivity index is 1.98. The van der Waals surface area contributed by atoms with E-state index < -0.39 is 0 Å². The summed E-state index contributed by atoms with van der Waals surface area (Å²) in [4.78, 5) is 4.35. The fourth-order valence-electron chi connectivity index (χ4n) is 1.86. The zero-order valence-electron chi connectivity index (χ0n) is 11.4. The minimum absolute atomic E-state index is 0.650. The van der Waals surface area contributed by atoms with Crippen molar-refractivity contribution in [3.05, 3.63) is 48.8 Å². The maximum Gasteiger partial charge on any atom is 0.198 e. The van der Waals surface area contributed by atoms with Crippen LogP contribution in [0.1, 0.15) is 5.82 Å². The second-order valence-corrected chi connectivity index (χ2v) is 6.25. The van der Waals surface area contributed by atoms with Crippen molar-refractivity contribution in [2.24, 2.45) is 0 Å². The van der Waals surface area contributed by atoms with Crippen LogP contribution in [-0.2, 0) is 6.54 Å². The topological polar surface area (TPSA) is 56.5 Å². The zero-order valence-corrected chi connectivity index (χ0v) is 13.1. The first-order valence-electron chi connectivity index (χ1n) is 6.35. The lowest BCUT2D eigenvalue weighted by atomic mass is 10.2. The predicted octanol–water partition coefficient (Wildman–Crippen LogP) is 3.44. The lowest BCUT2D eigenvalue weighted by Crippen LogP contribution is -2.00. The third-order valence-electron chi connectivity index (χ3n) is 2.75. The smallest absolute Gasteiger partial charge is 0.198 e. The molecule has 0 spiro atoms. The van der Waals surface area contributed by atoms with Crippen molar-refractivity contribution < 1.29 is 0 Å². The summed E-state index contributed by atoms with van der Waals surface area (Å²) in [7, 11) is 0. The number of hydrogen-bond donors (Lipinski definition) is 0. The van der Waals surface area contributed by atoms with Crippen LogP contribution in [0.4, 0.5) is 0 Å². The number of aryl methyl sites for hydroxylation is 1. The molecule has 0 amide bonds. The van der Waals surface area contributed by atoms with Crippen LogP contribution in [0, 0.1) is 6.92 Å². The summed E-state index contributed by atoms with van der Waals surface area (Å²) < 4.78 is 7.08. The van der Waals surface area contributed by atoms with Crippen molar-refractivity contribution in [1.82, 2.24) is 24.1 Å². The lowest BCUT2D eigenvalue weighted by Gasteiger charge is -2.06. The highest BCUT2D eigenvalue weighted by Gasteiger charge is 2.15. The SMILES string of the molecule is C=CCn1c(Sc2nc(C)ns2)nnc1-c1ccccc1. The van der Waals surface area contributed by atoms with Gasteiger partial charge in [-0.25, -0.2) is 4.98 Å². The zero-order chi connectivity index (χ0) is 14.7. The Morgan fingerprint density at radius 1 is 1.29 bits per heavy atom. The summed E-state index contributed by atoms with van der Waals surface area (Å²) in [6, 6.07) is 10.0. The van der Waals surface area contributed by atoms with E-state index in [4.69, 9.17) is 0 Å². The number of rotatable bonds is 5. The first-order valence-corrected chi connectivity index (χ1v) is 7.94. The van der Waals surface area contributed by atoms with E-state index in [1.807, 2.05) is 47.9 Å². The Morgan fingerprint density at radius 2 is 2.10 bits per heavy atom. The highest BCUT2D eigenvalue weighted by Crippen LogP contribution is 2.30. The lowest BCUT2D eigenvalue weighted by molar-refractivity contribution is 0.731. The molecule has 0 radical (unpaired) electrons. The second-order valence-electron chi connectivity index (χ2n) is 4.28. The Kier molecular flexibility index (Phi) is 4.12. The van der Waals surface area contributed by atoms with Crippen LogP contribution >= 0.6 is 23.3 Å². The van der Waals surface area contributed by atoms with Crippen LogP contribution in [0.15, 0.2) is 52.5 Å². The summed E-state index contributed by atoms with van der Waals surface area (Å²) in [5, 5.41) is 9.39. The molecule has 7 heteroatoms. The highest BCUT2D eigenvalue weighted by atomic mass is 32.2. The van der Waals surface area contributed by atoms with Crippen molar-refractivity contribution in [2.75, 3.05) is 0 Å². The predicted molar refractivity (Wildman–Crippen MR) is 84.4 cm³/mol. The van der Waals surface area contributed by atoms with E-state index in [9.17, 15) is 0 Å². The van der Waals surface area contributed by atoms with Gasteiger partial charge < -0.3 is 0 Å². The summed E-state index contributed by atoms with van der Waals surface area (Å²) >= 11 is 2.85. The molecule has 0 saturated carbocycles. The van der Waals surface area contributed by atoms with E-state index in [0.29, 0.717) is 6.54 Å². The molecule has 0 saturated heterocycles.